The molecule has 0 bridgehead atoms. The molecule has 0 heterocycles. The van der Waals surface area contributed by atoms with Crippen LogP contribution >= 0.6 is 0 Å². The molecule has 3 atom stereocenters. The Morgan fingerprint density at radius 3 is 2.47 bits per heavy atom. The second kappa shape index (κ2) is 4.06. The first-order chi connectivity index (χ1) is 7.01. The van der Waals surface area contributed by atoms with E-state index >= 15 is 0 Å². The van der Waals surface area contributed by atoms with Crippen LogP contribution in [0.3, 0.4) is 0 Å². The van der Waals surface area contributed by atoms with Gasteiger partial charge >= 0.3 is 0 Å². The summed E-state index contributed by atoms with van der Waals surface area (Å²) >= 11 is 0. The summed E-state index contributed by atoms with van der Waals surface area (Å²) < 4.78 is 0. The van der Waals surface area contributed by atoms with E-state index in [0.29, 0.717) is 17.4 Å². The summed E-state index contributed by atoms with van der Waals surface area (Å²) in [5.74, 6) is 1.46. The first-order valence-corrected chi connectivity index (χ1v) is 6.50. The van der Waals surface area contributed by atoms with E-state index < -0.39 is 0 Å². The fourth-order valence-electron chi connectivity index (χ4n) is 2.90. The molecule has 0 amide bonds. The molecular weight excluding hydrogens is 184 g/mol. The number of nitrogens with two attached hydrogens (primary N) is 1. The summed E-state index contributed by atoms with van der Waals surface area (Å²) in [5.41, 5.74) is 6.57. The molecule has 0 aliphatic heterocycles. The lowest BCUT2D eigenvalue weighted by molar-refractivity contribution is 0.0539. The average molecular weight is 210 g/mol. The van der Waals surface area contributed by atoms with E-state index in [1.807, 2.05) is 0 Å². The van der Waals surface area contributed by atoms with Gasteiger partial charge in [0, 0.05) is 12.1 Å². The molecule has 2 heteroatoms. The molecule has 0 aromatic heterocycles. The van der Waals surface area contributed by atoms with Crippen molar-refractivity contribution < 1.29 is 0 Å². The van der Waals surface area contributed by atoms with Gasteiger partial charge in [0.1, 0.15) is 0 Å². The smallest absolute Gasteiger partial charge is 0.00698 e. The van der Waals surface area contributed by atoms with Crippen molar-refractivity contribution >= 4 is 0 Å². The highest BCUT2D eigenvalue weighted by Gasteiger charge is 2.41. The molecule has 2 aliphatic carbocycles. The maximum absolute atomic E-state index is 6.16. The zero-order valence-electron chi connectivity index (χ0n) is 10.4. The second-order valence-corrected chi connectivity index (χ2v) is 6.23. The van der Waals surface area contributed by atoms with Crippen LogP contribution in [0, 0.1) is 17.3 Å². The molecule has 88 valence electrons. The monoisotopic (exact) mass is 210 g/mol. The van der Waals surface area contributed by atoms with Gasteiger partial charge in [-0.2, -0.15) is 0 Å². The standard InChI is InChI=1S/C13H26N2/c1-9-12(14)7-4-10(13(9,2)3)8-15-11-5-6-11/h9-12,15H,4-8,14H2,1-3H3. The highest BCUT2D eigenvalue weighted by Crippen LogP contribution is 2.44. The largest absolute Gasteiger partial charge is 0.327 e. The molecule has 0 saturated heterocycles. The van der Waals surface area contributed by atoms with Crippen molar-refractivity contribution in [1.29, 1.82) is 0 Å². The van der Waals surface area contributed by atoms with Crippen molar-refractivity contribution in [2.75, 3.05) is 6.54 Å². The molecule has 3 N–H and O–H groups in total. The Bertz CT molecular complexity index is 221. The van der Waals surface area contributed by atoms with Crippen LogP contribution in [0.2, 0.25) is 0 Å². The molecule has 2 fully saturated rings. The fraction of sp³-hybridized carbons (Fsp3) is 1.00. The Hall–Kier alpha value is -0.0800. The zero-order chi connectivity index (χ0) is 11.1. The van der Waals surface area contributed by atoms with E-state index in [1.165, 1.54) is 32.2 Å². The van der Waals surface area contributed by atoms with Crippen LogP contribution in [0.4, 0.5) is 0 Å². The molecule has 2 nitrogen and oxygen atoms in total. The number of hydrogen-bond donors (Lipinski definition) is 2. The second-order valence-electron chi connectivity index (χ2n) is 6.23. The number of rotatable bonds is 3. The van der Waals surface area contributed by atoms with Crippen LogP contribution < -0.4 is 11.1 Å². The van der Waals surface area contributed by atoms with Crippen molar-refractivity contribution in [2.24, 2.45) is 23.0 Å². The van der Waals surface area contributed by atoms with E-state index in [0.717, 1.165) is 12.0 Å². The van der Waals surface area contributed by atoms with E-state index in [1.54, 1.807) is 0 Å². The predicted molar refractivity (Wildman–Crippen MR) is 64.7 cm³/mol. The Labute approximate surface area is 94.0 Å². The van der Waals surface area contributed by atoms with Crippen molar-refractivity contribution in [2.45, 2.75) is 58.5 Å². The van der Waals surface area contributed by atoms with Crippen LogP contribution in [-0.2, 0) is 0 Å². The van der Waals surface area contributed by atoms with Crippen molar-refractivity contribution in [1.82, 2.24) is 5.32 Å². The lowest BCUT2D eigenvalue weighted by Gasteiger charge is -2.47. The summed E-state index contributed by atoms with van der Waals surface area (Å²) in [6, 6.07) is 1.25. The minimum atomic E-state index is 0.402. The highest BCUT2D eigenvalue weighted by atomic mass is 15.0. The summed E-state index contributed by atoms with van der Waals surface area (Å²) in [4.78, 5) is 0. The van der Waals surface area contributed by atoms with Gasteiger partial charge in [0.2, 0.25) is 0 Å². The Kier molecular flexibility index (Phi) is 3.09. The highest BCUT2D eigenvalue weighted by molar-refractivity contribution is 4.95. The summed E-state index contributed by atoms with van der Waals surface area (Å²) in [5, 5.41) is 3.68. The van der Waals surface area contributed by atoms with Gasteiger partial charge in [0.15, 0.2) is 0 Å². The molecule has 2 saturated carbocycles. The SMILES string of the molecule is CC1C(N)CCC(CNC2CC2)C1(C)C. The number of hydrogen-bond acceptors (Lipinski definition) is 2. The lowest BCUT2D eigenvalue weighted by Crippen LogP contribution is -2.49. The first kappa shape index (κ1) is 11.4. The zero-order valence-corrected chi connectivity index (χ0v) is 10.4. The summed E-state index contributed by atoms with van der Waals surface area (Å²) in [7, 11) is 0. The maximum atomic E-state index is 6.16. The lowest BCUT2D eigenvalue weighted by atomic mass is 9.61. The van der Waals surface area contributed by atoms with Gasteiger partial charge < -0.3 is 11.1 Å². The molecule has 0 aromatic rings. The maximum Gasteiger partial charge on any atom is 0.00698 e. The minimum Gasteiger partial charge on any atom is -0.327 e. The van der Waals surface area contributed by atoms with E-state index in [2.05, 4.69) is 26.1 Å². The average Bonchev–Trinajstić information content (AvgIpc) is 2.97. The third-order valence-electron chi connectivity index (χ3n) is 4.95. The van der Waals surface area contributed by atoms with Crippen LogP contribution in [0.5, 0.6) is 0 Å². The first-order valence-electron chi connectivity index (χ1n) is 6.50. The molecule has 0 radical (unpaired) electrons. The van der Waals surface area contributed by atoms with Gasteiger partial charge in [0.25, 0.3) is 0 Å². The fourth-order valence-corrected chi connectivity index (χ4v) is 2.90. The van der Waals surface area contributed by atoms with Crippen molar-refractivity contribution in [3.8, 4) is 0 Å². The van der Waals surface area contributed by atoms with Crippen molar-refractivity contribution in [3.63, 3.8) is 0 Å². The predicted octanol–water partition coefficient (Wildman–Crippen LogP) is 2.14. The Balaban J connectivity index is 1.91. The molecule has 15 heavy (non-hydrogen) atoms. The molecule has 3 unspecified atom stereocenters. The molecule has 2 rings (SSSR count). The Morgan fingerprint density at radius 2 is 1.87 bits per heavy atom. The van der Waals surface area contributed by atoms with E-state index in [-0.39, 0.29) is 0 Å². The van der Waals surface area contributed by atoms with Crippen LogP contribution in [0.15, 0.2) is 0 Å². The van der Waals surface area contributed by atoms with Gasteiger partial charge in [-0.15, -0.1) is 0 Å². The number of nitrogens with one attached hydrogen (secondary N) is 1. The summed E-state index contributed by atoms with van der Waals surface area (Å²) in [6.45, 7) is 8.33. The van der Waals surface area contributed by atoms with Gasteiger partial charge in [-0.1, -0.05) is 20.8 Å². The molecule has 2 aliphatic rings. The van der Waals surface area contributed by atoms with Crippen LogP contribution in [0.25, 0.3) is 0 Å². The van der Waals surface area contributed by atoms with Gasteiger partial charge in [-0.25, -0.2) is 0 Å². The normalized spacial score (nSPS) is 40.4. The van der Waals surface area contributed by atoms with Gasteiger partial charge in [-0.05, 0) is 49.5 Å². The molecule has 0 aromatic carbocycles. The van der Waals surface area contributed by atoms with Crippen LogP contribution in [0.1, 0.15) is 46.5 Å². The van der Waals surface area contributed by atoms with Crippen LogP contribution in [-0.4, -0.2) is 18.6 Å². The van der Waals surface area contributed by atoms with E-state index in [4.69, 9.17) is 5.73 Å². The molecular formula is C13H26N2. The quantitative estimate of drug-likeness (QED) is 0.749. The minimum absolute atomic E-state index is 0.402. The third-order valence-corrected chi connectivity index (χ3v) is 4.95. The summed E-state index contributed by atoms with van der Waals surface area (Å²) in [6.07, 6.45) is 5.30. The topological polar surface area (TPSA) is 38.0 Å². The van der Waals surface area contributed by atoms with Gasteiger partial charge in [0.05, 0.1) is 0 Å². The van der Waals surface area contributed by atoms with Gasteiger partial charge in [-0.3, -0.25) is 0 Å². The molecule has 0 spiro atoms. The van der Waals surface area contributed by atoms with Crippen molar-refractivity contribution in [3.05, 3.63) is 0 Å². The third kappa shape index (κ3) is 2.36. The van der Waals surface area contributed by atoms with E-state index in [9.17, 15) is 0 Å². The Morgan fingerprint density at radius 1 is 1.20 bits per heavy atom.